The molecular formula is C13H13NO3. The molecule has 0 saturated heterocycles. The lowest BCUT2D eigenvalue weighted by Gasteiger charge is -2.07. The maximum Gasteiger partial charge on any atom is 0.339 e. The Bertz CT molecular complexity index is 641. The molecule has 0 aliphatic carbocycles. The van der Waals surface area contributed by atoms with Crippen LogP contribution in [0.3, 0.4) is 0 Å². The van der Waals surface area contributed by atoms with Gasteiger partial charge in [-0.2, -0.15) is 0 Å². The molecule has 0 aliphatic rings. The third-order valence-electron chi connectivity index (χ3n) is 2.63. The van der Waals surface area contributed by atoms with Crippen molar-refractivity contribution in [3.8, 4) is 0 Å². The molecule has 0 N–H and O–H groups in total. The molecule has 4 heteroatoms. The van der Waals surface area contributed by atoms with Crippen LogP contribution < -0.4 is 5.63 Å². The van der Waals surface area contributed by atoms with Crippen LogP contribution in [0.15, 0.2) is 38.6 Å². The maximum atomic E-state index is 11.7. The fourth-order valence-electron chi connectivity index (χ4n) is 1.89. The molecule has 4 nitrogen and oxygen atoms in total. The summed E-state index contributed by atoms with van der Waals surface area (Å²) in [5, 5.41) is 4.75. The number of benzene rings is 1. The molecule has 0 amide bonds. The summed E-state index contributed by atoms with van der Waals surface area (Å²) in [7, 11) is 1.48. The summed E-state index contributed by atoms with van der Waals surface area (Å²) in [4.78, 5) is 16.5. The van der Waals surface area contributed by atoms with Crippen LogP contribution in [0.5, 0.6) is 0 Å². The van der Waals surface area contributed by atoms with Crippen molar-refractivity contribution in [2.24, 2.45) is 5.16 Å². The molecule has 88 valence electrons. The SMILES string of the molecule is CON=C(C)c1c(C)c(=O)oc2ccccc12. The number of hydrogen-bond acceptors (Lipinski definition) is 4. The second-order valence-corrected chi connectivity index (χ2v) is 3.74. The summed E-state index contributed by atoms with van der Waals surface area (Å²) in [6.07, 6.45) is 0. The van der Waals surface area contributed by atoms with E-state index in [1.165, 1.54) is 7.11 Å². The van der Waals surface area contributed by atoms with Crippen LogP contribution in [-0.2, 0) is 4.84 Å². The van der Waals surface area contributed by atoms with Crippen LogP contribution in [-0.4, -0.2) is 12.8 Å². The Kier molecular flexibility index (Phi) is 2.95. The molecule has 0 radical (unpaired) electrons. The quantitative estimate of drug-likeness (QED) is 0.453. The number of nitrogens with zero attached hydrogens (tertiary/aromatic N) is 1. The third kappa shape index (κ3) is 1.93. The first-order valence-electron chi connectivity index (χ1n) is 5.25. The lowest BCUT2D eigenvalue weighted by Crippen LogP contribution is -2.11. The van der Waals surface area contributed by atoms with E-state index in [-0.39, 0.29) is 5.63 Å². The predicted octanol–water partition coefficient (Wildman–Crippen LogP) is 2.47. The maximum absolute atomic E-state index is 11.7. The van der Waals surface area contributed by atoms with Crippen LogP contribution >= 0.6 is 0 Å². The van der Waals surface area contributed by atoms with Crippen molar-refractivity contribution in [1.82, 2.24) is 0 Å². The average Bonchev–Trinajstić information content (AvgIpc) is 2.31. The topological polar surface area (TPSA) is 51.8 Å². The number of fused-ring (bicyclic) bond motifs is 1. The van der Waals surface area contributed by atoms with Gasteiger partial charge in [-0.3, -0.25) is 0 Å². The fraction of sp³-hybridized carbons (Fsp3) is 0.231. The summed E-state index contributed by atoms with van der Waals surface area (Å²) < 4.78 is 5.21. The monoisotopic (exact) mass is 231 g/mol. The van der Waals surface area contributed by atoms with E-state index in [1.807, 2.05) is 18.2 Å². The predicted molar refractivity (Wildman–Crippen MR) is 66.4 cm³/mol. The molecule has 17 heavy (non-hydrogen) atoms. The molecule has 2 aromatic rings. The Hall–Kier alpha value is -2.10. The fourth-order valence-corrected chi connectivity index (χ4v) is 1.89. The van der Waals surface area contributed by atoms with Gasteiger partial charge in [0.1, 0.15) is 12.7 Å². The summed E-state index contributed by atoms with van der Waals surface area (Å²) in [6.45, 7) is 3.53. The van der Waals surface area contributed by atoms with Crippen LogP contribution in [0.2, 0.25) is 0 Å². The lowest BCUT2D eigenvalue weighted by atomic mass is 10.0. The van der Waals surface area contributed by atoms with Gasteiger partial charge < -0.3 is 9.25 Å². The van der Waals surface area contributed by atoms with Gasteiger partial charge in [0.05, 0.1) is 5.71 Å². The van der Waals surface area contributed by atoms with E-state index in [0.717, 1.165) is 10.9 Å². The van der Waals surface area contributed by atoms with Crippen molar-refractivity contribution in [3.63, 3.8) is 0 Å². The number of hydrogen-bond donors (Lipinski definition) is 0. The highest BCUT2D eigenvalue weighted by Gasteiger charge is 2.13. The highest BCUT2D eigenvalue weighted by Crippen LogP contribution is 2.20. The Morgan fingerprint density at radius 2 is 2.06 bits per heavy atom. The number of rotatable bonds is 2. The molecule has 0 bridgehead atoms. The third-order valence-corrected chi connectivity index (χ3v) is 2.63. The molecule has 0 saturated carbocycles. The van der Waals surface area contributed by atoms with E-state index in [2.05, 4.69) is 5.16 Å². The van der Waals surface area contributed by atoms with Gasteiger partial charge in [-0.1, -0.05) is 23.4 Å². The summed E-state index contributed by atoms with van der Waals surface area (Å²) in [5.41, 5.74) is 2.20. The van der Waals surface area contributed by atoms with Gasteiger partial charge >= 0.3 is 5.63 Å². The molecule has 0 aliphatic heterocycles. The molecule has 2 rings (SSSR count). The van der Waals surface area contributed by atoms with Crippen molar-refractivity contribution in [1.29, 1.82) is 0 Å². The molecule has 1 heterocycles. The zero-order chi connectivity index (χ0) is 12.4. The van der Waals surface area contributed by atoms with Gasteiger partial charge in [-0.25, -0.2) is 4.79 Å². The van der Waals surface area contributed by atoms with Crippen molar-refractivity contribution >= 4 is 16.7 Å². The minimum atomic E-state index is -0.343. The van der Waals surface area contributed by atoms with E-state index < -0.39 is 0 Å². The summed E-state index contributed by atoms with van der Waals surface area (Å²) in [5.74, 6) is 0. The first-order valence-corrected chi connectivity index (χ1v) is 5.25. The summed E-state index contributed by atoms with van der Waals surface area (Å²) in [6, 6.07) is 7.38. The minimum Gasteiger partial charge on any atom is -0.422 e. The van der Waals surface area contributed by atoms with Crippen LogP contribution in [0.1, 0.15) is 18.1 Å². The molecule has 0 atom stereocenters. The smallest absolute Gasteiger partial charge is 0.339 e. The number of para-hydroxylation sites is 1. The normalized spacial score (nSPS) is 11.8. The van der Waals surface area contributed by atoms with Gasteiger partial charge in [0.15, 0.2) is 0 Å². The zero-order valence-electron chi connectivity index (χ0n) is 9.98. The van der Waals surface area contributed by atoms with Gasteiger partial charge in [-0.05, 0) is 19.9 Å². The van der Waals surface area contributed by atoms with E-state index in [9.17, 15) is 4.79 Å². The van der Waals surface area contributed by atoms with Gasteiger partial charge in [-0.15, -0.1) is 0 Å². The molecule has 0 spiro atoms. The standard InChI is InChI=1S/C13H13NO3/c1-8-12(9(2)14-16-3)10-6-4-5-7-11(10)17-13(8)15/h4-7H,1-3H3. The average molecular weight is 231 g/mol. The van der Waals surface area contributed by atoms with Gasteiger partial charge in [0.2, 0.25) is 0 Å². The van der Waals surface area contributed by atoms with E-state index in [4.69, 9.17) is 9.25 Å². The Labute approximate surface area is 98.5 Å². The van der Waals surface area contributed by atoms with Crippen molar-refractivity contribution < 1.29 is 9.25 Å². The van der Waals surface area contributed by atoms with Gasteiger partial charge in [0, 0.05) is 16.5 Å². The van der Waals surface area contributed by atoms with E-state index in [0.29, 0.717) is 16.9 Å². The lowest BCUT2D eigenvalue weighted by molar-refractivity contribution is 0.213. The Morgan fingerprint density at radius 1 is 1.35 bits per heavy atom. The first kappa shape index (κ1) is 11.4. The molecule has 1 aromatic carbocycles. The highest BCUT2D eigenvalue weighted by atomic mass is 16.6. The second-order valence-electron chi connectivity index (χ2n) is 3.74. The zero-order valence-corrected chi connectivity index (χ0v) is 9.98. The molecule has 1 aromatic heterocycles. The van der Waals surface area contributed by atoms with E-state index in [1.54, 1.807) is 19.9 Å². The molecule has 0 unspecified atom stereocenters. The van der Waals surface area contributed by atoms with Gasteiger partial charge in [0.25, 0.3) is 0 Å². The van der Waals surface area contributed by atoms with Crippen LogP contribution in [0.25, 0.3) is 11.0 Å². The molecule has 0 fully saturated rings. The van der Waals surface area contributed by atoms with Crippen LogP contribution in [0.4, 0.5) is 0 Å². The Balaban J connectivity index is 2.88. The first-order chi connectivity index (χ1) is 8.15. The summed E-state index contributed by atoms with van der Waals surface area (Å²) >= 11 is 0. The number of oxime groups is 1. The minimum absolute atomic E-state index is 0.343. The second kappa shape index (κ2) is 4.41. The van der Waals surface area contributed by atoms with Crippen LogP contribution in [0, 0.1) is 6.92 Å². The largest absolute Gasteiger partial charge is 0.422 e. The Morgan fingerprint density at radius 3 is 2.76 bits per heavy atom. The highest BCUT2D eigenvalue weighted by molar-refractivity contribution is 6.09. The van der Waals surface area contributed by atoms with Crippen molar-refractivity contribution in [2.75, 3.05) is 7.11 Å². The van der Waals surface area contributed by atoms with E-state index >= 15 is 0 Å². The molecular weight excluding hydrogens is 218 g/mol. The van der Waals surface area contributed by atoms with Crippen molar-refractivity contribution in [2.45, 2.75) is 13.8 Å². The van der Waals surface area contributed by atoms with Crippen molar-refractivity contribution in [3.05, 3.63) is 45.8 Å².